The Morgan fingerprint density at radius 3 is 2.56 bits per heavy atom. The normalized spacial score (nSPS) is 24.1. The monoisotopic (exact) mass is 327 g/mol. The van der Waals surface area contributed by atoms with Crippen molar-refractivity contribution in [3.63, 3.8) is 0 Å². The van der Waals surface area contributed by atoms with Crippen molar-refractivity contribution < 1.29 is 4.79 Å². The second-order valence-corrected chi connectivity index (χ2v) is 6.69. The van der Waals surface area contributed by atoms with Crippen LogP contribution in [0.5, 0.6) is 0 Å². The van der Waals surface area contributed by atoms with Gasteiger partial charge in [0.2, 0.25) is 0 Å². The van der Waals surface area contributed by atoms with Crippen molar-refractivity contribution in [3.8, 4) is 0 Å². The van der Waals surface area contributed by atoms with Gasteiger partial charge in [-0.2, -0.15) is 0 Å². The summed E-state index contributed by atoms with van der Waals surface area (Å²) in [6.45, 7) is 6.12. The van der Waals surface area contributed by atoms with Crippen LogP contribution in [0.4, 0.5) is 0 Å². The van der Waals surface area contributed by atoms with Gasteiger partial charge in [-0.05, 0) is 52.4 Å². The van der Waals surface area contributed by atoms with Crippen molar-refractivity contribution >= 4 is 34.5 Å². The molecular weight excluding hydrogens is 310 g/mol. The van der Waals surface area contributed by atoms with Crippen LogP contribution in [-0.4, -0.2) is 23.9 Å². The van der Waals surface area contributed by atoms with E-state index in [-0.39, 0.29) is 5.91 Å². The maximum absolute atomic E-state index is 12.5. The number of thiol groups is 1. The van der Waals surface area contributed by atoms with Crippen LogP contribution in [0.3, 0.4) is 0 Å². The largest absolute Gasteiger partial charge is 0.338 e. The molecule has 2 rings (SSSR count). The molecular formula is C14H18BrNOS. The van der Waals surface area contributed by atoms with Gasteiger partial charge in [0.05, 0.1) is 5.56 Å². The third kappa shape index (κ3) is 3.09. The molecule has 2 atom stereocenters. The molecule has 0 radical (unpaired) electrons. The zero-order valence-corrected chi connectivity index (χ0v) is 13.2. The van der Waals surface area contributed by atoms with Crippen molar-refractivity contribution in [2.75, 3.05) is 13.1 Å². The molecule has 4 heteroatoms. The van der Waals surface area contributed by atoms with E-state index in [2.05, 4.69) is 42.4 Å². The van der Waals surface area contributed by atoms with Gasteiger partial charge in [-0.1, -0.05) is 13.8 Å². The van der Waals surface area contributed by atoms with Gasteiger partial charge in [0.15, 0.2) is 0 Å². The van der Waals surface area contributed by atoms with Crippen LogP contribution in [-0.2, 0) is 0 Å². The predicted molar refractivity (Wildman–Crippen MR) is 80.2 cm³/mol. The summed E-state index contributed by atoms with van der Waals surface area (Å²) < 4.78 is 0.844. The summed E-state index contributed by atoms with van der Waals surface area (Å²) in [6, 6.07) is 5.59. The fourth-order valence-electron chi connectivity index (χ4n) is 2.68. The molecule has 0 saturated carbocycles. The van der Waals surface area contributed by atoms with E-state index in [9.17, 15) is 4.79 Å². The van der Waals surface area contributed by atoms with Gasteiger partial charge in [0.25, 0.3) is 5.91 Å². The maximum Gasteiger partial charge on any atom is 0.255 e. The van der Waals surface area contributed by atoms with E-state index >= 15 is 0 Å². The van der Waals surface area contributed by atoms with Crippen molar-refractivity contribution in [2.24, 2.45) is 11.8 Å². The van der Waals surface area contributed by atoms with Crippen molar-refractivity contribution in [2.45, 2.75) is 25.2 Å². The predicted octanol–water partition coefficient (Wildman–Crippen LogP) is 3.86. The van der Waals surface area contributed by atoms with Gasteiger partial charge in [0.1, 0.15) is 0 Å². The Hall–Kier alpha value is -0.480. The minimum Gasteiger partial charge on any atom is -0.338 e. The number of amides is 1. The van der Waals surface area contributed by atoms with E-state index in [1.807, 2.05) is 23.1 Å². The summed E-state index contributed by atoms with van der Waals surface area (Å²) in [5, 5.41) is 0. The van der Waals surface area contributed by atoms with E-state index < -0.39 is 0 Å². The Morgan fingerprint density at radius 2 is 1.94 bits per heavy atom. The highest BCUT2D eigenvalue weighted by atomic mass is 79.9. The molecule has 0 bridgehead atoms. The second kappa shape index (κ2) is 5.66. The van der Waals surface area contributed by atoms with E-state index in [1.165, 1.54) is 6.42 Å². The van der Waals surface area contributed by atoms with E-state index in [4.69, 9.17) is 0 Å². The quantitative estimate of drug-likeness (QED) is 0.776. The lowest BCUT2D eigenvalue weighted by Gasteiger charge is -2.35. The lowest BCUT2D eigenvalue weighted by molar-refractivity contribution is 0.0622. The third-order valence-corrected chi connectivity index (χ3v) is 4.31. The van der Waals surface area contributed by atoms with Crippen LogP contribution < -0.4 is 0 Å². The molecule has 0 N–H and O–H groups in total. The zero-order valence-electron chi connectivity index (χ0n) is 10.7. The maximum atomic E-state index is 12.5. The molecule has 1 aliphatic rings. The molecule has 2 nitrogen and oxygen atoms in total. The van der Waals surface area contributed by atoms with Crippen LogP contribution in [0.25, 0.3) is 0 Å². The molecule has 1 aromatic rings. The van der Waals surface area contributed by atoms with Crippen LogP contribution in [0.2, 0.25) is 0 Å². The number of rotatable bonds is 1. The van der Waals surface area contributed by atoms with Crippen molar-refractivity contribution in [1.82, 2.24) is 4.90 Å². The fraction of sp³-hybridized carbons (Fsp3) is 0.500. The molecule has 1 aromatic carbocycles. The summed E-state index contributed by atoms with van der Waals surface area (Å²) in [5.41, 5.74) is 0.712. The first kappa shape index (κ1) is 13.9. The number of hydrogen-bond acceptors (Lipinski definition) is 2. The first-order valence-corrected chi connectivity index (χ1v) is 7.49. The number of benzene rings is 1. The molecule has 0 aromatic heterocycles. The number of nitrogens with zero attached hydrogens (tertiary/aromatic N) is 1. The van der Waals surface area contributed by atoms with Crippen molar-refractivity contribution in [1.29, 1.82) is 0 Å². The molecule has 1 aliphatic heterocycles. The highest BCUT2D eigenvalue weighted by Gasteiger charge is 2.27. The molecule has 1 saturated heterocycles. The zero-order chi connectivity index (χ0) is 13.3. The standard InChI is InChI=1S/C14H18BrNOS/c1-9-5-10(2)8-16(7-9)14(17)12-6-11(18)3-4-13(12)15/h3-4,6,9-10,18H,5,7-8H2,1-2H3. The summed E-state index contributed by atoms with van der Waals surface area (Å²) in [7, 11) is 0. The van der Waals surface area contributed by atoms with E-state index in [1.54, 1.807) is 0 Å². The first-order valence-electron chi connectivity index (χ1n) is 6.25. The molecule has 18 heavy (non-hydrogen) atoms. The van der Waals surface area contributed by atoms with Gasteiger partial charge in [-0.25, -0.2) is 0 Å². The highest BCUT2D eigenvalue weighted by Crippen LogP contribution is 2.26. The SMILES string of the molecule is CC1CC(C)CN(C(=O)c2cc(S)ccc2Br)C1. The van der Waals surface area contributed by atoms with Gasteiger partial charge in [-0.3, -0.25) is 4.79 Å². The minimum absolute atomic E-state index is 0.108. The molecule has 2 unspecified atom stereocenters. The average molecular weight is 328 g/mol. The summed E-state index contributed by atoms with van der Waals surface area (Å²) in [4.78, 5) is 15.3. The number of carbonyl (C=O) groups excluding carboxylic acids is 1. The van der Waals surface area contributed by atoms with Crippen LogP contribution in [0.15, 0.2) is 27.6 Å². The van der Waals surface area contributed by atoms with Gasteiger partial charge < -0.3 is 4.90 Å². The van der Waals surface area contributed by atoms with Gasteiger partial charge in [0, 0.05) is 22.5 Å². The number of piperidine rings is 1. The van der Waals surface area contributed by atoms with E-state index in [0.29, 0.717) is 17.4 Å². The second-order valence-electron chi connectivity index (χ2n) is 5.32. The molecule has 98 valence electrons. The first-order chi connectivity index (χ1) is 8.47. The Balaban J connectivity index is 2.22. The Bertz CT molecular complexity index is 453. The number of likely N-dealkylation sites (tertiary alicyclic amines) is 1. The van der Waals surface area contributed by atoms with Gasteiger partial charge in [-0.15, -0.1) is 12.6 Å². The lowest BCUT2D eigenvalue weighted by atomic mass is 9.91. The smallest absolute Gasteiger partial charge is 0.255 e. The van der Waals surface area contributed by atoms with E-state index in [0.717, 1.165) is 22.5 Å². The lowest BCUT2D eigenvalue weighted by Crippen LogP contribution is -2.42. The van der Waals surface area contributed by atoms with Gasteiger partial charge >= 0.3 is 0 Å². The third-order valence-electron chi connectivity index (χ3n) is 3.34. The van der Waals surface area contributed by atoms with Crippen LogP contribution in [0, 0.1) is 11.8 Å². The Morgan fingerprint density at radius 1 is 1.33 bits per heavy atom. The Labute approximate surface area is 122 Å². The molecule has 0 spiro atoms. The fourth-order valence-corrected chi connectivity index (χ4v) is 3.30. The molecule has 1 amide bonds. The summed E-state index contributed by atoms with van der Waals surface area (Å²) in [5.74, 6) is 1.27. The molecule has 1 fully saturated rings. The number of hydrogen-bond donors (Lipinski definition) is 1. The average Bonchev–Trinajstić information content (AvgIpc) is 2.30. The van der Waals surface area contributed by atoms with Crippen molar-refractivity contribution in [3.05, 3.63) is 28.2 Å². The topological polar surface area (TPSA) is 20.3 Å². The van der Waals surface area contributed by atoms with Crippen LogP contribution in [0.1, 0.15) is 30.6 Å². The Kier molecular flexibility index (Phi) is 4.38. The van der Waals surface area contributed by atoms with Crippen LogP contribution >= 0.6 is 28.6 Å². The molecule has 1 heterocycles. The number of halogens is 1. The summed E-state index contributed by atoms with van der Waals surface area (Å²) >= 11 is 7.75. The highest BCUT2D eigenvalue weighted by molar-refractivity contribution is 9.10. The summed E-state index contributed by atoms with van der Waals surface area (Å²) in [6.07, 6.45) is 1.21. The molecule has 0 aliphatic carbocycles. The minimum atomic E-state index is 0.108. The number of carbonyl (C=O) groups is 1.